The number of morpholine rings is 1. The van der Waals surface area contributed by atoms with E-state index in [-0.39, 0.29) is 24.0 Å². The minimum Gasteiger partial charge on any atom is -0.381 e. The lowest BCUT2D eigenvalue weighted by molar-refractivity contribution is -0.124. The molecule has 2 aliphatic heterocycles. The lowest BCUT2D eigenvalue weighted by atomic mass is 9.86. The van der Waals surface area contributed by atoms with Gasteiger partial charge in [0.2, 0.25) is 5.91 Å². The number of benzene rings is 2. The molecule has 6 rings (SSSR count). The highest BCUT2D eigenvalue weighted by atomic mass is 16.5. The van der Waals surface area contributed by atoms with E-state index in [4.69, 9.17) is 9.47 Å². The van der Waals surface area contributed by atoms with E-state index in [1.165, 1.54) is 5.56 Å². The van der Waals surface area contributed by atoms with Crippen molar-refractivity contribution in [2.24, 2.45) is 5.92 Å². The number of pyridine rings is 1. The van der Waals surface area contributed by atoms with Crippen molar-refractivity contribution in [3.63, 3.8) is 0 Å². The Hall–Kier alpha value is -3.42. The molecule has 0 bridgehead atoms. The number of aromatic nitrogens is 1. The van der Waals surface area contributed by atoms with Crippen LogP contribution in [0.4, 0.5) is 22.9 Å². The number of methoxy groups -OCH3 is 1. The third kappa shape index (κ3) is 4.93. The molecule has 2 fully saturated rings. The fraction of sp³-hybridized carbons (Fsp3) is 0.400. The van der Waals surface area contributed by atoms with E-state index < -0.39 is 0 Å². The molecule has 1 N–H and O–H groups in total. The second-order valence-corrected chi connectivity index (χ2v) is 10.2. The number of carbonyl (C=O) groups is 1. The van der Waals surface area contributed by atoms with Crippen LogP contribution in [-0.2, 0) is 20.8 Å². The normalized spacial score (nSPS) is 23.4. The van der Waals surface area contributed by atoms with Crippen LogP contribution in [0.25, 0.3) is 0 Å². The predicted molar refractivity (Wildman–Crippen MR) is 145 cm³/mol. The molecule has 1 saturated carbocycles. The van der Waals surface area contributed by atoms with Crippen LogP contribution >= 0.6 is 0 Å². The number of carbonyl (C=O) groups excluding carboxylic acids is 1. The topological polar surface area (TPSA) is 66.9 Å². The SMILES string of the molecule is CO[C@H]1CC[C@H](C(=O)N2Cc3cccnc3Nc3ccc(N4CCOC(c5ccccc5)C4)cc32)CC1. The summed E-state index contributed by atoms with van der Waals surface area (Å²) in [6.07, 6.45) is 5.65. The largest absolute Gasteiger partial charge is 0.381 e. The van der Waals surface area contributed by atoms with Gasteiger partial charge < -0.3 is 24.6 Å². The number of hydrogen-bond donors (Lipinski definition) is 1. The lowest BCUT2D eigenvalue weighted by Crippen LogP contribution is -2.39. The number of anilines is 4. The zero-order valence-corrected chi connectivity index (χ0v) is 21.3. The van der Waals surface area contributed by atoms with E-state index in [9.17, 15) is 4.79 Å². The van der Waals surface area contributed by atoms with Crippen LogP contribution in [0.1, 0.15) is 42.9 Å². The van der Waals surface area contributed by atoms with Gasteiger partial charge in [-0.05, 0) is 55.5 Å². The summed E-state index contributed by atoms with van der Waals surface area (Å²) < 4.78 is 11.7. The fourth-order valence-electron chi connectivity index (χ4n) is 5.82. The number of nitrogens with one attached hydrogen (secondary N) is 1. The van der Waals surface area contributed by atoms with Gasteiger partial charge in [-0.1, -0.05) is 36.4 Å². The zero-order valence-electron chi connectivity index (χ0n) is 21.3. The molecular weight excluding hydrogens is 464 g/mol. The van der Waals surface area contributed by atoms with Crippen molar-refractivity contribution in [3.05, 3.63) is 78.0 Å². The Balaban J connectivity index is 1.31. The maximum Gasteiger partial charge on any atom is 0.230 e. The first-order chi connectivity index (χ1) is 18.2. The van der Waals surface area contributed by atoms with Gasteiger partial charge in [0.05, 0.1) is 30.6 Å². The first-order valence-electron chi connectivity index (χ1n) is 13.3. The summed E-state index contributed by atoms with van der Waals surface area (Å²) in [6, 6.07) is 20.8. The van der Waals surface area contributed by atoms with Crippen LogP contribution in [0.15, 0.2) is 66.9 Å². The molecule has 1 aliphatic carbocycles. The second-order valence-electron chi connectivity index (χ2n) is 10.2. The Labute approximate surface area is 218 Å². The molecule has 1 aromatic heterocycles. The molecule has 7 nitrogen and oxygen atoms in total. The summed E-state index contributed by atoms with van der Waals surface area (Å²) in [5.74, 6) is 1.01. The molecule has 1 amide bonds. The van der Waals surface area contributed by atoms with Gasteiger partial charge in [0.25, 0.3) is 0 Å². The van der Waals surface area contributed by atoms with Gasteiger partial charge in [0.1, 0.15) is 11.9 Å². The number of hydrogen-bond acceptors (Lipinski definition) is 6. The number of nitrogens with zero attached hydrogens (tertiary/aromatic N) is 3. The van der Waals surface area contributed by atoms with Gasteiger partial charge in [-0.15, -0.1) is 0 Å². The Kier molecular flexibility index (Phi) is 6.81. The molecule has 3 aromatic rings. The van der Waals surface area contributed by atoms with Crippen LogP contribution in [0.2, 0.25) is 0 Å². The number of amides is 1. The summed E-state index contributed by atoms with van der Waals surface area (Å²) in [7, 11) is 1.77. The quantitative estimate of drug-likeness (QED) is 0.516. The average Bonchev–Trinajstić information content (AvgIpc) is 3.14. The van der Waals surface area contributed by atoms with Gasteiger partial charge >= 0.3 is 0 Å². The summed E-state index contributed by atoms with van der Waals surface area (Å²) in [5.41, 5.74) is 5.14. The molecule has 1 saturated heterocycles. The van der Waals surface area contributed by atoms with Crippen molar-refractivity contribution in [2.45, 2.75) is 44.4 Å². The first-order valence-corrected chi connectivity index (χ1v) is 13.3. The average molecular weight is 499 g/mol. The maximum atomic E-state index is 14.0. The van der Waals surface area contributed by atoms with E-state index in [1.54, 1.807) is 13.3 Å². The van der Waals surface area contributed by atoms with Gasteiger partial charge in [0, 0.05) is 43.6 Å². The molecule has 3 aliphatic rings. The first kappa shape index (κ1) is 23.9. The smallest absolute Gasteiger partial charge is 0.230 e. The van der Waals surface area contributed by atoms with Crippen LogP contribution in [-0.4, -0.2) is 43.8 Å². The van der Waals surface area contributed by atoms with Crippen molar-refractivity contribution in [3.8, 4) is 0 Å². The van der Waals surface area contributed by atoms with Gasteiger partial charge in [-0.3, -0.25) is 4.79 Å². The molecular formula is C30H34N4O3. The molecule has 1 unspecified atom stereocenters. The van der Waals surface area contributed by atoms with Crippen molar-refractivity contribution in [1.82, 2.24) is 4.98 Å². The van der Waals surface area contributed by atoms with Crippen LogP contribution in [0.3, 0.4) is 0 Å². The third-order valence-electron chi connectivity index (χ3n) is 7.97. The summed E-state index contributed by atoms with van der Waals surface area (Å²) >= 11 is 0. The minimum absolute atomic E-state index is 0.00646. The van der Waals surface area contributed by atoms with E-state index in [1.807, 2.05) is 17.0 Å². The standard InChI is InChI=1S/C30H34N4O3/c1-36-25-12-9-22(10-13-25)30(35)34-19-23-8-5-15-31-29(23)32-26-14-11-24(18-27(26)34)33-16-17-37-28(20-33)21-6-3-2-4-7-21/h2-8,11,14-15,18,22,25,28H,9-10,12-13,16-17,19-20H2,1H3,(H,31,32)/t22-,25-,28?. The number of ether oxygens (including phenoxy) is 2. The Morgan fingerprint density at radius 1 is 1.05 bits per heavy atom. The molecule has 7 heteroatoms. The van der Waals surface area contributed by atoms with Crippen LogP contribution in [0, 0.1) is 5.92 Å². The predicted octanol–water partition coefficient (Wildman–Crippen LogP) is 5.45. The van der Waals surface area contributed by atoms with E-state index in [0.717, 1.165) is 67.2 Å². The highest BCUT2D eigenvalue weighted by Crippen LogP contribution is 2.40. The summed E-state index contributed by atoms with van der Waals surface area (Å²) in [4.78, 5) is 22.9. The van der Waals surface area contributed by atoms with Gasteiger partial charge in [0.15, 0.2) is 0 Å². The van der Waals surface area contributed by atoms with Crippen molar-refractivity contribution in [1.29, 1.82) is 0 Å². The minimum atomic E-state index is 0.00646. The maximum absolute atomic E-state index is 14.0. The number of fused-ring (bicyclic) bond motifs is 2. The van der Waals surface area contributed by atoms with Crippen LogP contribution < -0.4 is 15.1 Å². The highest BCUT2D eigenvalue weighted by Gasteiger charge is 2.33. The van der Waals surface area contributed by atoms with Crippen molar-refractivity contribution in [2.75, 3.05) is 41.9 Å². The molecule has 1 atom stereocenters. The monoisotopic (exact) mass is 498 g/mol. The highest BCUT2D eigenvalue weighted by molar-refractivity contribution is 6.00. The van der Waals surface area contributed by atoms with E-state index in [2.05, 4.69) is 63.7 Å². The zero-order chi connectivity index (χ0) is 25.2. The fourth-order valence-corrected chi connectivity index (χ4v) is 5.82. The summed E-state index contributed by atoms with van der Waals surface area (Å²) in [5, 5.41) is 3.50. The molecule has 0 spiro atoms. The van der Waals surface area contributed by atoms with E-state index >= 15 is 0 Å². The molecule has 192 valence electrons. The molecule has 2 aromatic carbocycles. The van der Waals surface area contributed by atoms with Crippen molar-refractivity contribution >= 4 is 28.8 Å². The second kappa shape index (κ2) is 10.5. The van der Waals surface area contributed by atoms with Gasteiger partial charge in [-0.25, -0.2) is 4.98 Å². The Morgan fingerprint density at radius 2 is 1.89 bits per heavy atom. The molecule has 37 heavy (non-hydrogen) atoms. The Morgan fingerprint density at radius 3 is 2.70 bits per heavy atom. The van der Waals surface area contributed by atoms with Crippen LogP contribution in [0.5, 0.6) is 0 Å². The summed E-state index contributed by atoms with van der Waals surface area (Å²) in [6.45, 7) is 2.75. The molecule has 0 radical (unpaired) electrons. The molecule has 3 heterocycles. The van der Waals surface area contributed by atoms with Crippen molar-refractivity contribution < 1.29 is 14.3 Å². The third-order valence-corrected chi connectivity index (χ3v) is 7.97. The van der Waals surface area contributed by atoms with E-state index in [0.29, 0.717) is 13.2 Å². The number of rotatable bonds is 4. The lowest BCUT2D eigenvalue weighted by Gasteiger charge is -2.36. The van der Waals surface area contributed by atoms with Gasteiger partial charge in [-0.2, -0.15) is 0 Å². The Bertz CT molecular complexity index is 1240.